The summed E-state index contributed by atoms with van der Waals surface area (Å²) in [5.74, 6) is 3.20. The fourth-order valence-electron chi connectivity index (χ4n) is 1.78. The highest BCUT2D eigenvalue weighted by Crippen LogP contribution is 2.25. The van der Waals surface area contributed by atoms with Gasteiger partial charge in [-0.15, -0.1) is 0 Å². The number of hydrogen-bond acceptors (Lipinski definition) is 2. The monoisotopic (exact) mass is 202 g/mol. The average Bonchev–Trinajstić information content (AvgIpc) is 1.95. The third kappa shape index (κ3) is 6.14. The number of rotatable bonds is 5. The molecule has 0 aliphatic heterocycles. The molecule has 0 unspecified atom stereocenters. The largest absolute Gasteiger partial charge is 0.288 e. The third-order valence-electron chi connectivity index (χ3n) is 2.47. The smallest absolute Gasteiger partial charge is 0.185 e. The van der Waals surface area contributed by atoms with Crippen molar-refractivity contribution < 1.29 is 4.79 Å². The van der Waals surface area contributed by atoms with Crippen molar-refractivity contribution in [1.29, 1.82) is 0 Å². The van der Waals surface area contributed by atoms with E-state index < -0.39 is 0 Å². The maximum Gasteiger partial charge on any atom is 0.185 e. The van der Waals surface area contributed by atoms with Gasteiger partial charge in [0, 0.05) is 12.7 Å². The Labute approximate surface area is 86.7 Å². The molecular weight excluding hydrogens is 180 g/mol. The molecule has 0 saturated heterocycles. The van der Waals surface area contributed by atoms with Gasteiger partial charge in [0.05, 0.1) is 0 Å². The predicted molar refractivity (Wildman–Crippen MR) is 60.9 cm³/mol. The van der Waals surface area contributed by atoms with E-state index in [1.807, 2.05) is 0 Å². The molecule has 0 rings (SSSR count). The Kier molecular flexibility index (Phi) is 6.48. The van der Waals surface area contributed by atoms with Crippen LogP contribution in [0.4, 0.5) is 0 Å². The zero-order valence-corrected chi connectivity index (χ0v) is 10.3. The third-order valence-corrected chi connectivity index (χ3v) is 3.32. The van der Waals surface area contributed by atoms with Crippen LogP contribution in [-0.2, 0) is 4.79 Å². The maximum atomic E-state index is 10.7. The normalized spacial score (nSPS) is 11.7. The Morgan fingerprint density at radius 1 is 1.15 bits per heavy atom. The first-order valence-corrected chi connectivity index (χ1v) is 6.07. The summed E-state index contributed by atoms with van der Waals surface area (Å²) in [6, 6.07) is 0. The van der Waals surface area contributed by atoms with Crippen LogP contribution >= 0.6 is 11.8 Å². The van der Waals surface area contributed by atoms with Crippen molar-refractivity contribution in [3.63, 3.8) is 0 Å². The predicted octanol–water partition coefficient (Wildman–Crippen LogP) is 3.58. The molecule has 0 saturated carbocycles. The zero-order valence-electron chi connectivity index (χ0n) is 9.46. The lowest BCUT2D eigenvalue weighted by atomic mass is 9.84. The minimum absolute atomic E-state index is 0.242. The van der Waals surface area contributed by atoms with Gasteiger partial charge in [-0.05, 0) is 24.2 Å². The van der Waals surface area contributed by atoms with E-state index in [1.54, 1.807) is 6.92 Å². The second kappa shape index (κ2) is 6.47. The van der Waals surface area contributed by atoms with Crippen LogP contribution < -0.4 is 0 Å². The Bertz CT molecular complexity index is 144. The highest BCUT2D eigenvalue weighted by Gasteiger charge is 2.16. The first-order valence-electron chi connectivity index (χ1n) is 5.08. The minimum Gasteiger partial charge on any atom is -0.288 e. The Hall–Kier alpha value is 0.0200. The van der Waals surface area contributed by atoms with Crippen LogP contribution in [0, 0.1) is 17.8 Å². The van der Waals surface area contributed by atoms with Crippen molar-refractivity contribution in [2.45, 2.75) is 41.0 Å². The molecule has 78 valence electrons. The van der Waals surface area contributed by atoms with Crippen LogP contribution in [-0.4, -0.2) is 10.9 Å². The molecule has 0 atom stereocenters. The van der Waals surface area contributed by atoms with Crippen molar-refractivity contribution in [3.8, 4) is 0 Å². The first kappa shape index (κ1) is 13.0. The summed E-state index contributed by atoms with van der Waals surface area (Å²) in [5, 5.41) is 0.242. The molecular formula is C11H22OS. The molecule has 0 N–H and O–H groups in total. The topological polar surface area (TPSA) is 17.1 Å². The first-order chi connectivity index (χ1) is 5.95. The molecule has 0 radical (unpaired) electrons. The van der Waals surface area contributed by atoms with Crippen LogP contribution in [0.2, 0.25) is 0 Å². The standard InChI is InChI=1S/C11H22OS/c1-8(2)11(9(3)4)6-7-13-10(5)12/h8-9,11H,6-7H2,1-5H3. The van der Waals surface area contributed by atoms with E-state index in [-0.39, 0.29) is 5.12 Å². The Balaban J connectivity index is 3.77. The summed E-state index contributed by atoms with van der Waals surface area (Å²) in [7, 11) is 0. The van der Waals surface area contributed by atoms with E-state index in [1.165, 1.54) is 18.2 Å². The van der Waals surface area contributed by atoms with E-state index in [4.69, 9.17) is 0 Å². The van der Waals surface area contributed by atoms with Crippen molar-refractivity contribution >= 4 is 16.9 Å². The van der Waals surface area contributed by atoms with E-state index in [9.17, 15) is 4.79 Å². The van der Waals surface area contributed by atoms with Gasteiger partial charge >= 0.3 is 0 Å². The summed E-state index contributed by atoms with van der Waals surface area (Å²) in [6.07, 6.45) is 1.17. The summed E-state index contributed by atoms with van der Waals surface area (Å²) in [5.41, 5.74) is 0. The minimum atomic E-state index is 0.242. The van der Waals surface area contributed by atoms with Crippen LogP contribution in [0.15, 0.2) is 0 Å². The van der Waals surface area contributed by atoms with Crippen molar-refractivity contribution in [2.24, 2.45) is 17.8 Å². The molecule has 0 aromatic carbocycles. The van der Waals surface area contributed by atoms with Gasteiger partial charge in [-0.2, -0.15) is 0 Å². The lowest BCUT2D eigenvalue weighted by Gasteiger charge is -2.24. The number of hydrogen-bond donors (Lipinski definition) is 0. The molecule has 0 aliphatic carbocycles. The lowest BCUT2D eigenvalue weighted by Crippen LogP contribution is -2.16. The highest BCUT2D eigenvalue weighted by atomic mass is 32.2. The van der Waals surface area contributed by atoms with Crippen LogP contribution in [0.3, 0.4) is 0 Å². The quantitative estimate of drug-likeness (QED) is 0.678. The van der Waals surface area contributed by atoms with Crippen molar-refractivity contribution in [3.05, 3.63) is 0 Å². The van der Waals surface area contributed by atoms with Crippen molar-refractivity contribution in [2.75, 3.05) is 5.75 Å². The fourth-order valence-corrected chi connectivity index (χ4v) is 2.45. The van der Waals surface area contributed by atoms with Gasteiger partial charge in [-0.25, -0.2) is 0 Å². The van der Waals surface area contributed by atoms with Crippen LogP contribution in [0.25, 0.3) is 0 Å². The van der Waals surface area contributed by atoms with E-state index >= 15 is 0 Å². The van der Waals surface area contributed by atoms with Gasteiger partial charge in [0.2, 0.25) is 0 Å². The molecule has 0 fully saturated rings. The molecule has 0 aromatic heterocycles. The number of thioether (sulfide) groups is 1. The number of carbonyl (C=O) groups is 1. The van der Waals surface area contributed by atoms with Crippen LogP contribution in [0.1, 0.15) is 41.0 Å². The zero-order chi connectivity index (χ0) is 10.4. The maximum absolute atomic E-state index is 10.7. The SMILES string of the molecule is CC(=O)SCCC(C(C)C)C(C)C. The van der Waals surface area contributed by atoms with Gasteiger partial charge in [-0.3, -0.25) is 4.79 Å². The van der Waals surface area contributed by atoms with E-state index in [0.717, 1.165) is 23.5 Å². The molecule has 13 heavy (non-hydrogen) atoms. The molecule has 0 amide bonds. The van der Waals surface area contributed by atoms with Gasteiger partial charge in [-0.1, -0.05) is 39.5 Å². The van der Waals surface area contributed by atoms with Crippen LogP contribution in [0.5, 0.6) is 0 Å². The molecule has 0 spiro atoms. The highest BCUT2D eigenvalue weighted by molar-refractivity contribution is 8.13. The summed E-state index contributed by atoms with van der Waals surface area (Å²) in [4.78, 5) is 10.7. The number of carbonyl (C=O) groups excluding carboxylic acids is 1. The molecule has 0 aromatic rings. The molecule has 1 nitrogen and oxygen atoms in total. The fraction of sp³-hybridized carbons (Fsp3) is 0.909. The van der Waals surface area contributed by atoms with Gasteiger partial charge in [0.25, 0.3) is 0 Å². The van der Waals surface area contributed by atoms with Crippen molar-refractivity contribution in [1.82, 2.24) is 0 Å². The summed E-state index contributed by atoms with van der Waals surface area (Å²) >= 11 is 1.46. The summed E-state index contributed by atoms with van der Waals surface area (Å²) < 4.78 is 0. The molecule has 0 aliphatic rings. The average molecular weight is 202 g/mol. The van der Waals surface area contributed by atoms with Gasteiger partial charge in [0.1, 0.15) is 0 Å². The van der Waals surface area contributed by atoms with E-state index in [2.05, 4.69) is 27.7 Å². The Morgan fingerprint density at radius 2 is 1.62 bits per heavy atom. The summed E-state index contributed by atoms with van der Waals surface area (Å²) in [6.45, 7) is 10.7. The second-order valence-corrected chi connectivity index (χ2v) is 5.55. The van der Waals surface area contributed by atoms with Gasteiger partial charge < -0.3 is 0 Å². The lowest BCUT2D eigenvalue weighted by molar-refractivity contribution is -0.109. The van der Waals surface area contributed by atoms with Gasteiger partial charge in [0.15, 0.2) is 5.12 Å². The molecule has 2 heteroatoms. The van der Waals surface area contributed by atoms with E-state index in [0.29, 0.717) is 0 Å². The molecule has 0 heterocycles. The molecule has 0 bridgehead atoms. The second-order valence-electron chi connectivity index (χ2n) is 4.28. The Morgan fingerprint density at radius 3 is 1.92 bits per heavy atom.